The highest BCUT2D eigenvalue weighted by Crippen LogP contribution is 2.16. The molecule has 0 unspecified atom stereocenters. The summed E-state index contributed by atoms with van der Waals surface area (Å²) in [5.74, 6) is 0.331. The van der Waals surface area contributed by atoms with E-state index in [0.29, 0.717) is 22.6 Å². The first-order valence-corrected chi connectivity index (χ1v) is 6.38. The molecule has 0 aliphatic rings. The molecule has 0 atom stereocenters. The zero-order valence-corrected chi connectivity index (χ0v) is 11.6. The number of halogens is 2. The number of hydrogen-bond donors (Lipinski definition) is 0. The van der Waals surface area contributed by atoms with E-state index in [1.807, 2.05) is 13.8 Å². The minimum atomic E-state index is -0.0943. The standard InChI is InChI=1S/C11H14BrClN2O/c1-8(2)15(7-5-13)11(16)10-9(12)4-3-6-14-10/h3-4,6,8H,5,7H2,1-2H3. The van der Waals surface area contributed by atoms with E-state index < -0.39 is 0 Å². The molecule has 1 aromatic heterocycles. The van der Waals surface area contributed by atoms with Crippen molar-refractivity contribution >= 4 is 33.4 Å². The first-order valence-electron chi connectivity index (χ1n) is 5.05. The van der Waals surface area contributed by atoms with Crippen LogP contribution in [0.25, 0.3) is 0 Å². The Bertz CT molecular complexity index is 371. The molecule has 3 nitrogen and oxygen atoms in total. The number of amides is 1. The fourth-order valence-electron chi connectivity index (χ4n) is 1.36. The molecule has 0 radical (unpaired) electrons. The summed E-state index contributed by atoms with van der Waals surface area (Å²) >= 11 is 9.01. The first kappa shape index (κ1) is 13.5. The smallest absolute Gasteiger partial charge is 0.273 e. The zero-order valence-electron chi connectivity index (χ0n) is 9.28. The lowest BCUT2D eigenvalue weighted by Crippen LogP contribution is -2.38. The third kappa shape index (κ3) is 3.19. The molecule has 1 rings (SSSR count). The number of carbonyl (C=O) groups is 1. The van der Waals surface area contributed by atoms with Gasteiger partial charge in [-0.25, -0.2) is 4.98 Å². The van der Waals surface area contributed by atoms with Crippen LogP contribution in [0.15, 0.2) is 22.8 Å². The monoisotopic (exact) mass is 304 g/mol. The molecule has 1 heterocycles. The van der Waals surface area contributed by atoms with Gasteiger partial charge in [0.25, 0.3) is 5.91 Å². The maximum Gasteiger partial charge on any atom is 0.273 e. The van der Waals surface area contributed by atoms with Crippen LogP contribution in [0.4, 0.5) is 0 Å². The summed E-state index contributed by atoms with van der Waals surface area (Å²) in [6, 6.07) is 3.70. The second-order valence-corrected chi connectivity index (χ2v) is 4.85. The molecular formula is C11H14BrClN2O. The molecule has 1 amide bonds. The topological polar surface area (TPSA) is 33.2 Å². The Balaban J connectivity index is 2.95. The van der Waals surface area contributed by atoms with Gasteiger partial charge >= 0.3 is 0 Å². The summed E-state index contributed by atoms with van der Waals surface area (Å²) in [4.78, 5) is 18.0. The van der Waals surface area contributed by atoms with Crippen LogP contribution in [0.2, 0.25) is 0 Å². The highest BCUT2D eigenvalue weighted by molar-refractivity contribution is 9.10. The van der Waals surface area contributed by atoms with E-state index in [0.717, 1.165) is 0 Å². The Morgan fingerprint density at radius 3 is 2.81 bits per heavy atom. The van der Waals surface area contributed by atoms with Gasteiger partial charge < -0.3 is 4.90 Å². The largest absolute Gasteiger partial charge is 0.334 e. The first-order chi connectivity index (χ1) is 7.57. The molecule has 0 N–H and O–H groups in total. The van der Waals surface area contributed by atoms with E-state index in [2.05, 4.69) is 20.9 Å². The molecule has 88 valence electrons. The molecule has 0 saturated carbocycles. The van der Waals surface area contributed by atoms with Crippen molar-refractivity contribution in [2.75, 3.05) is 12.4 Å². The Morgan fingerprint density at radius 1 is 1.62 bits per heavy atom. The van der Waals surface area contributed by atoms with E-state index in [9.17, 15) is 4.79 Å². The van der Waals surface area contributed by atoms with Gasteiger partial charge in [0.2, 0.25) is 0 Å². The van der Waals surface area contributed by atoms with Gasteiger partial charge in [0.15, 0.2) is 0 Å². The molecule has 0 fully saturated rings. The van der Waals surface area contributed by atoms with Crippen LogP contribution >= 0.6 is 27.5 Å². The van der Waals surface area contributed by atoms with Gasteiger partial charge in [-0.3, -0.25) is 4.79 Å². The second kappa shape index (κ2) is 6.21. The summed E-state index contributed by atoms with van der Waals surface area (Å²) < 4.78 is 0.709. The van der Waals surface area contributed by atoms with Gasteiger partial charge in [-0.15, -0.1) is 11.6 Å². The lowest BCUT2D eigenvalue weighted by atomic mass is 10.2. The fourth-order valence-corrected chi connectivity index (χ4v) is 1.97. The van der Waals surface area contributed by atoms with Crippen molar-refractivity contribution in [2.24, 2.45) is 0 Å². The average molecular weight is 306 g/mol. The quantitative estimate of drug-likeness (QED) is 0.801. The van der Waals surface area contributed by atoms with E-state index in [1.165, 1.54) is 0 Å². The van der Waals surface area contributed by atoms with Crippen LogP contribution in [0, 0.1) is 0 Å². The number of nitrogens with zero attached hydrogens (tertiary/aromatic N) is 2. The average Bonchev–Trinajstić information content (AvgIpc) is 2.25. The lowest BCUT2D eigenvalue weighted by Gasteiger charge is -2.25. The van der Waals surface area contributed by atoms with Gasteiger partial charge in [0.05, 0.1) is 0 Å². The Labute approximate surface area is 109 Å². The summed E-state index contributed by atoms with van der Waals surface area (Å²) in [6.45, 7) is 4.45. The molecule has 16 heavy (non-hydrogen) atoms. The second-order valence-electron chi connectivity index (χ2n) is 3.62. The molecule has 5 heteroatoms. The summed E-state index contributed by atoms with van der Waals surface area (Å²) in [7, 11) is 0. The predicted molar refractivity (Wildman–Crippen MR) is 68.8 cm³/mol. The van der Waals surface area contributed by atoms with Gasteiger partial charge in [0, 0.05) is 29.1 Å². The Kier molecular flexibility index (Phi) is 5.22. The Morgan fingerprint density at radius 2 is 2.31 bits per heavy atom. The zero-order chi connectivity index (χ0) is 12.1. The van der Waals surface area contributed by atoms with Crippen LogP contribution in [0.3, 0.4) is 0 Å². The molecule has 0 aromatic carbocycles. The van der Waals surface area contributed by atoms with Gasteiger partial charge in [-0.2, -0.15) is 0 Å². The van der Waals surface area contributed by atoms with Crippen molar-refractivity contribution in [3.8, 4) is 0 Å². The number of alkyl halides is 1. The molecule has 0 aliphatic carbocycles. The van der Waals surface area contributed by atoms with Crippen LogP contribution < -0.4 is 0 Å². The molecule has 0 saturated heterocycles. The maximum atomic E-state index is 12.2. The summed E-state index contributed by atoms with van der Waals surface area (Å²) in [6.07, 6.45) is 1.61. The van der Waals surface area contributed by atoms with Crippen LogP contribution in [0.1, 0.15) is 24.3 Å². The summed E-state index contributed by atoms with van der Waals surface area (Å²) in [5.41, 5.74) is 0.432. The van der Waals surface area contributed by atoms with Crippen molar-refractivity contribution in [3.05, 3.63) is 28.5 Å². The van der Waals surface area contributed by atoms with E-state index in [-0.39, 0.29) is 11.9 Å². The van der Waals surface area contributed by atoms with Crippen molar-refractivity contribution in [3.63, 3.8) is 0 Å². The molecule has 0 aliphatic heterocycles. The van der Waals surface area contributed by atoms with E-state index >= 15 is 0 Å². The van der Waals surface area contributed by atoms with Crippen LogP contribution in [-0.2, 0) is 0 Å². The fraction of sp³-hybridized carbons (Fsp3) is 0.455. The van der Waals surface area contributed by atoms with Gasteiger partial charge in [0.1, 0.15) is 5.69 Å². The molecule has 1 aromatic rings. The third-order valence-electron chi connectivity index (χ3n) is 2.17. The maximum absolute atomic E-state index is 12.2. The number of hydrogen-bond acceptors (Lipinski definition) is 2. The molecular weight excluding hydrogens is 291 g/mol. The predicted octanol–water partition coefficient (Wildman–Crippen LogP) is 2.93. The summed E-state index contributed by atoms with van der Waals surface area (Å²) in [5, 5.41) is 0. The minimum Gasteiger partial charge on any atom is -0.334 e. The third-order valence-corrected chi connectivity index (χ3v) is 2.98. The number of aromatic nitrogens is 1. The number of carbonyl (C=O) groups excluding carboxylic acids is 1. The molecule has 0 spiro atoms. The van der Waals surface area contributed by atoms with Crippen LogP contribution in [-0.4, -0.2) is 34.3 Å². The highest BCUT2D eigenvalue weighted by Gasteiger charge is 2.21. The van der Waals surface area contributed by atoms with E-state index in [4.69, 9.17) is 11.6 Å². The van der Waals surface area contributed by atoms with E-state index in [1.54, 1.807) is 23.2 Å². The Hall–Kier alpha value is -0.610. The van der Waals surface area contributed by atoms with Crippen molar-refractivity contribution in [1.29, 1.82) is 0 Å². The molecule has 0 bridgehead atoms. The lowest BCUT2D eigenvalue weighted by molar-refractivity contribution is 0.0711. The van der Waals surface area contributed by atoms with Crippen LogP contribution in [0.5, 0.6) is 0 Å². The van der Waals surface area contributed by atoms with Crippen molar-refractivity contribution < 1.29 is 4.79 Å². The minimum absolute atomic E-state index is 0.0943. The SMILES string of the molecule is CC(C)N(CCCl)C(=O)c1ncccc1Br. The highest BCUT2D eigenvalue weighted by atomic mass is 79.9. The van der Waals surface area contributed by atoms with Crippen molar-refractivity contribution in [2.45, 2.75) is 19.9 Å². The van der Waals surface area contributed by atoms with Crippen molar-refractivity contribution in [1.82, 2.24) is 9.88 Å². The van der Waals surface area contributed by atoms with Gasteiger partial charge in [-0.1, -0.05) is 0 Å². The number of rotatable bonds is 4. The van der Waals surface area contributed by atoms with Gasteiger partial charge in [-0.05, 0) is 41.9 Å². The number of pyridine rings is 1. The normalized spacial score (nSPS) is 10.6.